The summed E-state index contributed by atoms with van der Waals surface area (Å²) in [5.74, 6) is -0.554. The van der Waals surface area contributed by atoms with Gasteiger partial charge in [-0.25, -0.2) is 9.40 Å². The molecule has 5 nitrogen and oxygen atoms in total. The number of rotatable bonds is 10. The van der Waals surface area contributed by atoms with Crippen LogP contribution < -0.4 is 10.3 Å². The van der Waals surface area contributed by atoms with Gasteiger partial charge in [-0.15, -0.1) is 0 Å². The highest BCUT2D eigenvalue weighted by molar-refractivity contribution is 6.30. The smallest absolute Gasteiger partial charge is 0.248 e. The highest BCUT2D eigenvalue weighted by Crippen LogP contribution is 2.42. The van der Waals surface area contributed by atoms with Crippen LogP contribution in [0.1, 0.15) is 45.1 Å². The molecule has 1 aliphatic rings. The molecule has 0 aliphatic carbocycles. The number of amides is 1. The number of hydrogen-bond acceptors (Lipinski definition) is 4. The van der Waals surface area contributed by atoms with Crippen LogP contribution >= 0.6 is 11.6 Å². The van der Waals surface area contributed by atoms with Gasteiger partial charge in [0.25, 0.3) is 0 Å². The number of nitrogens with zero attached hydrogens (tertiary/aromatic N) is 2. The molecule has 0 aromatic heterocycles. The number of benzene rings is 2. The molecule has 0 fully saturated rings. The molecule has 32 heavy (non-hydrogen) atoms. The quantitative estimate of drug-likeness (QED) is 0.482. The Labute approximate surface area is 194 Å². The van der Waals surface area contributed by atoms with Crippen molar-refractivity contribution in [3.05, 3.63) is 64.9 Å². The molecule has 1 N–H and O–H groups in total. The van der Waals surface area contributed by atoms with E-state index in [1.54, 1.807) is 36.4 Å². The largest absolute Gasteiger partial charge is 0.385 e. The molecule has 0 saturated heterocycles. The Morgan fingerprint density at radius 1 is 1.19 bits per heavy atom. The summed E-state index contributed by atoms with van der Waals surface area (Å²) in [6, 6.07) is 13.6. The lowest BCUT2D eigenvalue weighted by molar-refractivity contribution is -0.126. The van der Waals surface area contributed by atoms with Crippen LogP contribution in [0.2, 0.25) is 5.02 Å². The zero-order valence-corrected chi connectivity index (χ0v) is 19.7. The topological polar surface area (TPSA) is 53.9 Å². The van der Waals surface area contributed by atoms with Crippen LogP contribution in [0.3, 0.4) is 0 Å². The zero-order chi connectivity index (χ0) is 23.1. The summed E-state index contributed by atoms with van der Waals surface area (Å²) in [5, 5.41) is 10.4. The highest BCUT2D eigenvalue weighted by Gasteiger charge is 2.53. The maximum Gasteiger partial charge on any atom is 0.248 e. The molecule has 172 valence electrons. The summed E-state index contributed by atoms with van der Waals surface area (Å²) in [5.41, 5.74) is 1.45. The van der Waals surface area contributed by atoms with Gasteiger partial charge in [0.15, 0.2) is 0 Å². The first-order chi connectivity index (χ1) is 15.4. The first-order valence-corrected chi connectivity index (χ1v) is 11.5. The van der Waals surface area contributed by atoms with Crippen LogP contribution in [0.15, 0.2) is 53.6 Å². The number of unbranched alkanes of at least 4 members (excludes halogenated alkanes) is 1. The number of carbonyl (C=O) groups excluding carboxylic acids is 1. The van der Waals surface area contributed by atoms with Gasteiger partial charge in [0, 0.05) is 31.2 Å². The predicted octanol–water partition coefficient (Wildman–Crippen LogP) is 5.42. The van der Waals surface area contributed by atoms with Crippen molar-refractivity contribution in [3.8, 4) is 0 Å². The van der Waals surface area contributed by atoms with Crippen LogP contribution in [-0.4, -0.2) is 37.4 Å². The lowest BCUT2D eigenvalue weighted by Gasteiger charge is -2.37. The minimum atomic E-state index is -0.945. The molecule has 3 rings (SSSR count). The van der Waals surface area contributed by atoms with Crippen LogP contribution in [-0.2, 0) is 9.53 Å². The summed E-state index contributed by atoms with van der Waals surface area (Å²) in [6.07, 6.45) is 3.47. The molecule has 2 unspecified atom stereocenters. The van der Waals surface area contributed by atoms with Gasteiger partial charge < -0.3 is 10.1 Å². The van der Waals surface area contributed by atoms with Crippen LogP contribution in [0.5, 0.6) is 0 Å². The van der Waals surface area contributed by atoms with E-state index in [1.807, 2.05) is 19.1 Å². The monoisotopic (exact) mass is 459 g/mol. The fourth-order valence-corrected chi connectivity index (χ4v) is 4.29. The Morgan fingerprint density at radius 3 is 2.50 bits per heavy atom. The molecule has 0 radical (unpaired) electrons. The summed E-state index contributed by atoms with van der Waals surface area (Å²) < 4.78 is 18.7. The van der Waals surface area contributed by atoms with Crippen molar-refractivity contribution in [2.24, 2.45) is 11.0 Å². The average Bonchev–Trinajstić information content (AvgIpc) is 3.09. The Hall–Kier alpha value is -2.44. The van der Waals surface area contributed by atoms with E-state index in [1.165, 1.54) is 12.1 Å². The minimum Gasteiger partial charge on any atom is -0.385 e. The number of halogens is 2. The Balaban J connectivity index is 2.04. The van der Waals surface area contributed by atoms with Crippen molar-refractivity contribution in [3.63, 3.8) is 0 Å². The number of hydrogen-bond donors (Lipinski definition) is 1. The highest BCUT2D eigenvalue weighted by atomic mass is 35.5. The van der Waals surface area contributed by atoms with Crippen molar-refractivity contribution in [1.82, 2.24) is 5.32 Å². The van der Waals surface area contributed by atoms with E-state index < -0.39 is 5.54 Å². The third kappa shape index (κ3) is 5.13. The maximum atomic E-state index is 13.6. The van der Waals surface area contributed by atoms with E-state index in [0.29, 0.717) is 18.2 Å². The number of methoxy groups -OCH3 is 1. The summed E-state index contributed by atoms with van der Waals surface area (Å²) in [6.45, 7) is 5.16. The van der Waals surface area contributed by atoms with E-state index in [0.717, 1.165) is 42.6 Å². The second-order valence-corrected chi connectivity index (χ2v) is 8.66. The minimum absolute atomic E-state index is 0.0921. The molecule has 1 amide bonds. The predicted molar refractivity (Wildman–Crippen MR) is 128 cm³/mol. The second-order valence-electron chi connectivity index (χ2n) is 8.22. The van der Waals surface area contributed by atoms with Crippen LogP contribution in [0.4, 0.5) is 10.1 Å². The lowest BCUT2D eigenvalue weighted by atomic mass is 9.77. The van der Waals surface area contributed by atoms with Gasteiger partial charge in [0.05, 0.1) is 11.4 Å². The standard InChI is InChI=1S/C25H31ClFN3O2/c1-4-5-7-22-23(18-8-12-20(27)13-9-18)29-30(21-14-10-19(26)11-15-21)25(22,2)24(31)28-16-6-17-32-3/h8-15,22H,4-7,16-17H2,1-3H3,(H,28,31). The Kier molecular flexibility index (Phi) is 8.26. The van der Waals surface area contributed by atoms with Gasteiger partial charge in [-0.3, -0.25) is 4.79 Å². The molecular weight excluding hydrogens is 429 g/mol. The molecule has 0 saturated carbocycles. The maximum absolute atomic E-state index is 13.6. The van der Waals surface area contributed by atoms with Crippen LogP contribution in [0, 0.1) is 11.7 Å². The van der Waals surface area contributed by atoms with E-state index in [4.69, 9.17) is 21.4 Å². The third-order valence-corrected chi connectivity index (χ3v) is 6.24. The summed E-state index contributed by atoms with van der Waals surface area (Å²) >= 11 is 6.11. The molecular formula is C25H31ClFN3O2. The zero-order valence-electron chi connectivity index (χ0n) is 18.9. The molecule has 2 aromatic rings. The van der Waals surface area contributed by atoms with E-state index in [9.17, 15) is 9.18 Å². The average molecular weight is 460 g/mol. The number of nitrogens with one attached hydrogen (secondary N) is 1. The van der Waals surface area contributed by atoms with E-state index >= 15 is 0 Å². The summed E-state index contributed by atoms with van der Waals surface area (Å²) in [7, 11) is 1.64. The van der Waals surface area contributed by atoms with Gasteiger partial charge in [-0.2, -0.15) is 5.10 Å². The van der Waals surface area contributed by atoms with Gasteiger partial charge in [0.2, 0.25) is 5.91 Å². The number of anilines is 1. The first kappa shape index (κ1) is 24.2. The SMILES string of the molecule is CCCCC1C(c2ccc(F)cc2)=NN(c2ccc(Cl)cc2)C1(C)C(=O)NCCCOC. The Morgan fingerprint density at radius 2 is 1.88 bits per heavy atom. The van der Waals surface area contributed by atoms with Gasteiger partial charge in [-0.1, -0.05) is 43.5 Å². The molecule has 2 atom stereocenters. The van der Waals surface area contributed by atoms with Gasteiger partial charge in [-0.05, 0) is 61.7 Å². The first-order valence-electron chi connectivity index (χ1n) is 11.1. The van der Waals surface area contributed by atoms with Crippen molar-refractivity contribution in [2.45, 2.75) is 45.1 Å². The van der Waals surface area contributed by atoms with Crippen LogP contribution in [0.25, 0.3) is 0 Å². The van der Waals surface area contributed by atoms with E-state index in [2.05, 4.69) is 12.2 Å². The second kappa shape index (κ2) is 10.9. The van der Waals surface area contributed by atoms with Crippen molar-refractivity contribution in [2.75, 3.05) is 25.3 Å². The van der Waals surface area contributed by atoms with Crippen molar-refractivity contribution in [1.29, 1.82) is 0 Å². The molecule has 1 heterocycles. The normalized spacial score (nSPS) is 20.3. The molecule has 2 aromatic carbocycles. The van der Waals surface area contributed by atoms with Gasteiger partial charge in [0.1, 0.15) is 11.4 Å². The number of carbonyl (C=O) groups is 1. The fourth-order valence-electron chi connectivity index (χ4n) is 4.16. The number of ether oxygens (including phenoxy) is 1. The van der Waals surface area contributed by atoms with Crippen molar-refractivity contribution < 1.29 is 13.9 Å². The van der Waals surface area contributed by atoms with Crippen molar-refractivity contribution >= 4 is 28.9 Å². The fraction of sp³-hybridized carbons (Fsp3) is 0.440. The van der Waals surface area contributed by atoms with Gasteiger partial charge >= 0.3 is 0 Å². The summed E-state index contributed by atoms with van der Waals surface area (Å²) in [4.78, 5) is 13.6. The molecule has 7 heteroatoms. The third-order valence-electron chi connectivity index (χ3n) is 5.98. The molecule has 0 spiro atoms. The molecule has 0 bridgehead atoms. The van der Waals surface area contributed by atoms with E-state index in [-0.39, 0.29) is 17.6 Å². The lowest BCUT2D eigenvalue weighted by Crippen LogP contribution is -2.58. The number of hydrazone groups is 1. The molecule has 1 aliphatic heterocycles. The Bertz CT molecular complexity index is 933.